The van der Waals surface area contributed by atoms with Crippen molar-refractivity contribution in [2.24, 2.45) is 5.73 Å². The Bertz CT molecular complexity index is 2410. The van der Waals surface area contributed by atoms with Gasteiger partial charge in [-0.25, -0.2) is 15.0 Å². The van der Waals surface area contributed by atoms with Crippen LogP contribution in [0.5, 0.6) is 0 Å². The average Bonchev–Trinajstić information content (AvgIpc) is 3.81. The molecular weight excluding hydrogens is 848 g/mol. The molecule has 7 N–H and O–H groups in total. The minimum Gasteiger partial charge on any atom is -0.378 e. The third-order valence-electron chi connectivity index (χ3n) is 12.1. The Morgan fingerprint density at radius 2 is 1.69 bits per heavy atom. The van der Waals surface area contributed by atoms with Crippen molar-refractivity contribution in [3.05, 3.63) is 101 Å². The number of fused-ring (bicyclic) bond motifs is 1. The first-order valence-corrected chi connectivity index (χ1v) is 22.7. The fourth-order valence-corrected chi connectivity index (χ4v) is 8.37. The molecule has 2 saturated heterocycles. The highest BCUT2D eigenvalue weighted by Gasteiger charge is 2.39. The van der Waals surface area contributed by atoms with E-state index < -0.39 is 11.4 Å². The predicted octanol–water partition coefficient (Wildman–Crippen LogP) is 3.92. The first-order chi connectivity index (χ1) is 31.5. The number of rotatable bonds is 19. The summed E-state index contributed by atoms with van der Waals surface area (Å²) in [5, 5.41) is 13.5. The number of H-pyrrole nitrogens is 1. The first kappa shape index (κ1) is 47.0. The highest BCUT2D eigenvalue weighted by molar-refractivity contribution is 6.30. The van der Waals surface area contributed by atoms with Crippen LogP contribution in [0, 0.1) is 0 Å². The number of amides is 4. The molecule has 0 unspecified atom stereocenters. The van der Waals surface area contributed by atoms with Gasteiger partial charge in [-0.3, -0.25) is 24.1 Å². The summed E-state index contributed by atoms with van der Waals surface area (Å²) < 4.78 is 5.69. The van der Waals surface area contributed by atoms with E-state index in [1.54, 1.807) is 18.6 Å². The lowest BCUT2D eigenvalue weighted by Gasteiger charge is -2.39. The van der Waals surface area contributed by atoms with Crippen LogP contribution in [0.4, 0.5) is 11.5 Å². The van der Waals surface area contributed by atoms with Crippen molar-refractivity contribution < 1.29 is 23.9 Å². The largest absolute Gasteiger partial charge is 0.378 e. The lowest BCUT2D eigenvalue weighted by Crippen LogP contribution is -2.60. The molecule has 17 nitrogen and oxygen atoms in total. The van der Waals surface area contributed by atoms with Crippen LogP contribution in [0.15, 0.2) is 79.4 Å². The number of pyridine rings is 1. The molecule has 0 saturated carbocycles. The molecule has 4 amide bonds. The number of aromatic nitrogens is 4. The van der Waals surface area contributed by atoms with E-state index in [2.05, 4.69) is 64.0 Å². The normalized spacial score (nSPS) is 15.7. The molecule has 0 aliphatic carbocycles. The van der Waals surface area contributed by atoms with Crippen LogP contribution >= 0.6 is 11.6 Å². The van der Waals surface area contributed by atoms with Gasteiger partial charge < -0.3 is 46.5 Å². The van der Waals surface area contributed by atoms with Gasteiger partial charge in [-0.2, -0.15) is 0 Å². The summed E-state index contributed by atoms with van der Waals surface area (Å²) in [6.45, 7) is 9.54. The molecule has 344 valence electrons. The van der Waals surface area contributed by atoms with Gasteiger partial charge in [-0.05, 0) is 66.6 Å². The van der Waals surface area contributed by atoms with Crippen LogP contribution in [-0.2, 0) is 25.5 Å². The number of hydrogen-bond acceptors (Lipinski definition) is 12. The number of halogens is 1. The Morgan fingerprint density at radius 1 is 0.923 bits per heavy atom. The second-order valence-corrected chi connectivity index (χ2v) is 17.0. The molecule has 0 bridgehead atoms. The molecule has 2 fully saturated rings. The first-order valence-electron chi connectivity index (χ1n) is 22.3. The zero-order valence-corrected chi connectivity index (χ0v) is 37.8. The van der Waals surface area contributed by atoms with Crippen molar-refractivity contribution in [3.63, 3.8) is 0 Å². The molecule has 0 spiro atoms. The molecular formula is C47H59ClN12O5. The van der Waals surface area contributed by atoms with E-state index in [-0.39, 0.29) is 49.2 Å². The number of nitrogens with zero attached hydrogens (tertiary/aromatic N) is 6. The van der Waals surface area contributed by atoms with Gasteiger partial charge in [0.2, 0.25) is 17.7 Å². The molecule has 0 radical (unpaired) electrons. The predicted molar refractivity (Wildman–Crippen MR) is 252 cm³/mol. The number of aryl methyl sites for hydroxylation is 1. The van der Waals surface area contributed by atoms with Crippen molar-refractivity contribution in [3.8, 4) is 11.1 Å². The minimum absolute atomic E-state index is 0.0197. The van der Waals surface area contributed by atoms with Gasteiger partial charge in [0, 0.05) is 88.8 Å². The van der Waals surface area contributed by atoms with Crippen molar-refractivity contribution in [2.45, 2.75) is 51.1 Å². The summed E-state index contributed by atoms with van der Waals surface area (Å²) in [6, 6.07) is 19.1. The average molecular weight is 908 g/mol. The molecule has 5 aromatic rings. The van der Waals surface area contributed by atoms with E-state index in [1.165, 1.54) is 12.5 Å². The van der Waals surface area contributed by atoms with E-state index in [4.69, 9.17) is 22.1 Å². The molecule has 3 aromatic heterocycles. The maximum absolute atomic E-state index is 13.9. The van der Waals surface area contributed by atoms with Crippen LogP contribution in [0.1, 0.15) is 60.8 Å². The van der Waals surface area contributed by atoms with Crippen molar-refractivity contribution >= 4 is 57.8 Å². The molecule has 2 aliphatic rings. The highest BCUT2D eigenvalue weighted by Crippen LogP contribution is 2.30. The van der Waals surface area contributed by atoms with Crippen molar-refractivity contribution in [2.75, 3.05) is 88.9 Å². The van der Waals surface area contributed by atoms with Gasteiger partial charge in [0.05, 0.1) is 42.4 Å². The molecule has 2 aliphatic heterocycles. The zero-order chi connectivity index (χ0) is 45.8. The second kappa shape index (κ2) is 22.3. The Hall–Kier alpha value is -5.98. The summed E-state index contributed by atoms with van der Waals surface area (Å²) in [6.07, 6.45) is 7.54. The smallest absolute Gasteiger partial charge is 0.272 e. The minimum atomic E-state index is -1.02. The van der Waals surface area contributed by atoms with E-state index in [0.717, 1.165) is 59.6 Å². The molecule has 7 rings (SSSR count). The van der Waals surface area contributed by atoms with Crippen LogP contribution in [0.25, 0.3) is 22.2 Å². The summed E-state index contributed by atoms with van der Waals surface area (Å²) in [5.74, 6) is -0.0395. The highest BCUT2D eigenvalue weighted by atomic mass is 35.5. The Kier molecular flexibility index (Phi) is 16.1. The van der Waals surface area contributed by atoms with Crippen molar-refractivity contribution in [1.29, 1.82) is 0 Å². The third kappa shape index (κ3) is 12.4. The van der Waals surface area contributed by atoms with E-state index in [1.807, 2.05) is 59.6 Å². The number of aromatic amines is 1. The molecule has 18 heteroatoms. The maximum atomic E-state index is 13.9. The van der Waals surface area contributed by atoms with Crippen molar-refractivity contribution in [1.82, 2.24) is 45.7 Å². The topological polar surface area (TPSA) is 216 Å². The number of carbonyl (C=O) groups excluding carboxylic acids is 4. The fraction of sp³-hybridized carbons (Fsp3) is 0.426. The molecule has 1 atom stereocenters. The van der Waals surface area contributed by atoms with E-state index in [9.17, 15) is 19.2 Å². The van der Waals surface area contributed by atoms with Crippen LogP contribution in [0.2, 0.25) is 5.02 Å². The Labute approximate surface area is 384 Å². The van der Waals surface area contributed by atoms with Gasteiger partial charge in [-0.1, -0.05) is 54.9 Å². The Morgan fingerprint density at radius 3 is 2.45 bits per heavy atom. The van der Waals surface area contributed by atoms with Gasteiger partial charge in [0.25, 0.3) is 5.91 Å². The van der Waals surface area contributed by atoms with E-state index >= 15 is 0 Å². The zero-order valence-electron chi connectivity index (χ0n) is 37.1. The van der Waals surface area contributed by atoms with Gasteiger partial charge in [-0.15, -0.1) is 0 Å². The lowest BCUT2D eigenvalue weighted by atomic mass is 9.87. The van der Waals surface area contributed by atoms with E-state index in [0.29, 0.717) is 69.3 Å². The SMILES string of the molecule is CCc1cccc(-c2cnc(C(=O)NCCOCCNCC(=O)N3CCN(CC[C@H](NC(=O)C4(N)CCN(c5ncnc6[nH]ccc56)CC4)c4ccc(Cl)cc4)CC3)c(NC(C)=O)c2)c1. The number of benzene rings is 2. The maximum Gasteiger partial charge on any atom is 0.272 e. The quantitative estimate of drug-likeness (QED) is 0.0651. The van der Waals surface area contributed by atoms with Crippen LogP contribution < -0.4 is 31.9 Å². The summed E-state index contributed by atoms with van der Waals surface area (Å²) in [4.78, 5) is 74.6. The number of nitrogens with two attached hydrogens (primary N) is 1. The number of hydrogen-bond donors (Lipinski definition) is 6. The summed E-state index contributed by atoms with van der Waals surface area (Å²) >= 11 is 6.23. The van der Waals surface area contributed by atoms with Crippen LogP contribution in [0.3, 0.4) is 0 Å². The number of piperazine rings is 1. The second-order valence-electron chi connectivity index (χ2n) is 16.6. The summed E-state index contributed by atoms with van der Waals surface area (Å²) in [7, 11) is 0. The number of anilines is 2. The number of piperidine rings is 1. The number of ether oxygens (including phenoxy) is 1. The lowest BCUT2D eigenvalue weighted by molar-refractivity contribution is -0.132. The standard InChI is InChI=1S/C47H59ClN12O5/c1-3-33-5-4-6-35(27-33)36-28-40(56-32(2)61)42(53-29-36)45(63)52-17-26-65-25-16-50-30-41(62)59-23-21-58(22-24-59)18-12-39(34-7-9-37(48)10-8-34)57-46(64)47(49)13-19-60(20-14-47)44-38-11-15-51-43(38)54-31-55-44/h4-11,15,27-29,31,39,50H,3,12-14,16-26,30,49H2,1-2H3,(H,52,63)(H,56,61)(H,57,64)(H,51,54,55)/t39-/m0/s1. The Balaban J connectivity index is 0.795. The van der Waals surface area contributed by atoms with Crippen LogP contribution in [-0.4, -0.2) is 138 Å². The molecule has 2 aromatic carbocycles. The van der Waals surface area contributed by atoms with Gasteiger partial charge in [0.1, 0.15) is 17.8 Å². The van der Waals surface area contributed by atoms with Gasteiger partial charge >= 0.3 is 0 Å². The number of nitrogens with one attached hydrogen (secondary N) is 5. The van der Waals surface area contributed by atoms with Gasteiger partial charge in [0.15, 0.2) is 5.69 Å². The summed E-state index contributed by atoms with van der Waals surface area (Å²) in [5.41, 5.74) is 10.9. The molecule has 5 heterocycles. The third-order valence-corrected chi connectivity index (χ3v) is 12.3. The number of carbonyl (C=O) groups is 4. The fourth-order valence-electron chi connectivity index (χ4n) is 8.24. The molecule has 65 heavy (non-hydrogen) atoms. The monoisotopic (exact) mass is 906 g/mol.